The molecule has 0 fully saturated rings. The topological polar surface area (TPSA) is 24.9 Å². The summed E-state index contributed by atoms with van der Waals surface area (Å²) in [5, 5.41) is 3.38. The number of nitrogens with zero attached hydrogens (tertiary/aromatic N) is 1. The number of aromatic nitrogens is 1. The van der Waals surface area contributed by atoms with E-state index in [9.17, 15) is 4.39 Å². The molecule has 104 valence electrons. The van der Waals surface area contributed by atoms with Crippen molar-refractivity contribution in [3.8, 4) is 0 Å². The van der Waals surface area contributed by atoms with Crippen molar-refractivity contribution in [2.75, 3.05) is 5.32 Å². The monoisotopic (exact) mass is 278 g/mol. The predicted molar refractivity (Wildman–Crippen MR) is 82.5 cm³/mol. The molecule has 2 nitrogen and oxygen atoms in total. The van der Waals surface area contributed by atoms with Gasteiger partial charge in [0.1, 0.15) is 5.82 Å². The molecule has 1 atom stereocenters. The van der Waals surface area contributed by atoms with Gasteiger partial charge >= 0.3 is 0 Å². The first-order chi connectivity index (χ1) is 10.3. The molecule has 0 radical (unpaired) electrons. The molecule has 0 aliphatic heterocycles. The van der Waals surface area contributed by atoms with Gasteiger partial charge in [0.05, 0.1) is 6.04 Å². The molecule has 0 saturated carbocycles. The van der Waals surface area contributed by atoms with Gasteiger partial charge in [-0.3, -0.25) is 4.98 Å². The van der Waals surface area contributed by atoms with E-state index in [-0.39, 0.29) is 11.9 Å². The van der Waals surface area contributed by atoms with E-state index < -0.39 is 0 Å². The summed E-state index contributed by atoms with van der Waals surface area (Å²) in [6.07, 6.45) is 3.44. The Hall–Kier alpha value is -2.68. The molecule has 21 heavy (non-hydrogen) atoms. The average Bonchev–Trinajstić information content (AvgIpc) is 2.55. The van der Waals surface area contributed by atoms with Crippen LogP contribution in [0.2, 0.25) is 0 Å². The normalized spacial score (nSPS) is 11.9. The SMILES string of the molecule is Fc1ccccc1C(Nc1ccccc1)c1ccncc1. The van der Waals surface area contributed by atoms with Gasteiger partial charge in [-0.1, -0.05) is 36.4 Å². The summed E-state index contributed by atoms with van der Waals surface area (Å²) >= 11 is 0. The minimum absolute atomic E-state index is 0.220. The lowest BCUT2D eigenvalue weighted by Gasteiger charge is -2.21. The van der Waals surface area contributed by atoms with Crippen LogP contribution in [-0.4, -0.2) is 4.98 Å². The van der Waals surface area contributed by atoms with Crippen molar-refractivity contribution in [2.24, 2.45) is 0 Å². The molecule has 2 aromatic carbocycles. The summed E-state index contributed by atoms with van der Waals surface area (Å²) in [7, 11) is 0. The lowest BCUT2D eigenvalue weighted by molar-refractivity contribution is 0.604. The quantitative estimate of drug-likeness (QED) is 0.764. The molecule has 0 bridgehead atoms. The van der Waals surface area contributed by atoms with Crippen LogP contribution in [0.3, 0.4) is 0 Å². The van der Waals surface area contributed by atoms with Crippen LogP contribution in [0.1, 0.15) is 17.2 Å². The van der Waals surface area contributed by atoms with Crippen molar-refractivity contribution in [3.63, 3.8) is 0 Å². The molecule has 3 heteroatoms. The van der Waals surface area contributed by atoms with Crippen molar-refractivity contribution in [1.82, 2.24) is 4.98 Å². The molecule has 1 heterocycles. The van der Waals surface area contributed by atoms with Gasteiger partial charge < -0.3 is 5.32 Å². The van der Waals surface area contributed by atoms with Crippen molar-refractivity contribution in [2.45, 2.75) is 6.04 Å². The Morgan fingerprint density at radius 2 is 1.48 bits per heavy atom. The van der Waals surface area contributed by atoms with Gasteiger partial charge in [0, 0.05) is 23.6 Å². The number of hydrogen-bond acceptors (Lipinski definition) is 2. The van der Waals surface area contributed by atoms with E-state index in [4.69, 9.17) is 0 Å². The van der Waals surface area contributed by atoms with Crippen LogP contribution in [0, 0.1) is 5.82 Å². The zero-order valence-corrected chi connectivity index (χ0v) is 11.4. The van der Waals surface area contributed by atoms with Crippen LogP contribution < -0.4 is 5.32 Å². The van der Waals surface area contributed by atoms with Gasteiger partial charge in [0.15, 0.2) is 0 Å². The second kappa shape index (κ2) is 6.18. The summed E-state index contributed by atoms with van der Waals surface area (Å²) in [4.78, 5) is 4.03. The minimum atomic E-state index is -0.253. The van der Waals surface area contributed by atoms with E-state index in [0.29, 0.717) is 5.56 Å². The number of pyridine rings is 1. The third-order valence-electron chi connectivity index (χ3n) is 3.34. The summed E-state index contributed by atoms with van der Waals surface area (Å²) < 4.78 is 14.2. The number of hydrogen-bond donors (Lipinski definition) is 1. The first-order valence-corrected chi connectivity index (χ1v) is 6.80. The molecule has 0 aliphatic carbocycles. The number of halogens is 1. The highest BCUT2D eigenvalue weighted by atomic mass is 19.1. The molecular weight excluding hydrogens is 263 g/mol. The summed E-state index contributed by atoms with van der Waals surface area (Å²) in [5.41, 5.74) is 2.54. The van der Waals surface area contributed by atoms with Crippen molar-refractivity contribution in [3.05, 3.63) is 96.1 Å². The summed E-state index contributed by atoms with van der Waals surface area (Å²) in [6, 6.07) is 20.2. The Labute approximate surface area is 123 Å². The molecule has 1 aromatic heterocycles. The average molecular weight is 278 g/mol. The Bertz CT molecular complexity index is 699. The largest absolute Gasteiger partial charge is 0.374 e. The first-order valence-electron chi connectivity index (χ1n) is 6.80. The number of anilines is 1. The third kappa shape index (κ3) is 3.08. The maximum absolute atomic E-state index is 14.2. The van der Waals surface area contributed by atoms with Gasteiger partial charge in [-0.15, -0.1) is 0 Å². The van der Waals surface area contributed by atoms with E-state index in [1.165, 1.54) is 6.07 Å². The highest BCUT2D eigenvalue weighted by molar-refractivity contribution is 5.49. The van der Waals surface area contributed by atoms with Crippen LogP contribution >= 0.6 is 0 Å². The van der Waals surface area contributed by atoms with Crippen molar-refractivity contribution >= 4 is 5.69 Å². The number of nitrogens with one attached hydrogen (secondary N) is 1. The lowest BCUT2D eigenvalue weighted by Crippen LogP contribution is -2.14. The van der Waals surface area contributed by atoms with Gasteiger partial charge in [0.2, 0.25) is 0 Å². The summed E-state index contributed by atoms with van der Waals surface area (Å²) in [5.74, 6) is -0.220. The van der Waals surface area contributed by atoms with Gasteiger partial charge in [-0.25, -0.2) is 4.39 Å². The maximum Gasteiger partial charge on any atom is 0.128 e. The first kappa shape index (κ1) is 13.3. The zero-order chi connectivity index (χ0) is 14.5. The van der Waals surface area contributed by atoms with Crippen LogP contribution in [0.15, 0.2) is 79.1 Å². The maximum atomic E-state index is 14.2. The fraction of sp³-hybridized carbons (Fsp3) is 0.0556. The third-order valence-corrected chi connectivity index (χ3v) is 3.34. The molecular formula is C18H15FN2. The Morgan fingerprint density at radius 1 is 0.810 bits per heavy atom. The molecule has 0 amide bonds. The smallest absolute Gasteiger partial charge is 0.128 e. The fourth-order valence-electron chi connectivity index (χ4n) is 2.31. The van der Waals surface area contributed by atoms with Crippen LogP contribution in [-0.2, 0) is 0 Å². The van der Waals surface area contributed by atoms with Crippen LogP contribution in [0.4, 0.5) is 10.1 Å². The highest BCUT2D eigenvalue weighted by Gasteiger charge is 2.17. The number of rotatable bonds is 4. The van der Waals surface area contributed by atoms with Crippen LogP contribution in [0.5, 0.6) is 0 Å². The molecule has 3 aromatic rings. The molecule has 0 aliphatic rings. The lowest BCUT2D eigenvalue weighted by atomic mass is 9.98. The van der Waals surface area contributed by atoms with Gasteiger partial charge in [0.25, 0.3) is 0 Å². The predicted octanol–water partition coefficient (Wildman–Crippen LogP) is 4.42. The molecule has 0 spiro atoms. The fourth-order valence-corrected chi connectivity index (χ4v) is 2.31. The van der Waals surface area contributed by atoms with E-state index in [0.717, 1.165) is 11.3 Å². The molecule has 3 rings (SSSR count). The highest BCUT2D eigenvalue weighted by Crippen LogP contribution is 2.28. The number of benzene rings is 2. The Balaban J connectivity index is 2.02. The van der Waals surface area contributed by atoms with E-state index >= 15 is 0 Å². The summed E-state index contributed by atoms with van der Waals surface area (Å²) in [6.45, 7) is 0. The number of para-hydroxylation sites is 1. The van der Waals surface area contributed by atoms with E-state index in [2.05, 4.69) is 10.3 Å². The van der Waals surface area contributed by atoms with Crippen LogP contribution in [0.25, 0.3) is 0 Å². The molecule has 1 unspecified atom stereocenters. The zero-order valence-electron chi connectivity index (χ0n) is 11.4. The molecule has 1 N–H and O–H groups in total. The second-order valence-corrected chi connectivity index (χ2v) is 4.75. The van der Waals surface area contributed by atoms with Crippen molar-refractivity contribution in [1.29, 1.82) is 0 Å². The standard InChI is InChI=1S/C18H15FN2/c19-17-9-5-4-8-16(17)18(14-10-12-20-13-11-14)21-15-6-2-1-3-7-15/h1-13,18,21H. The van der Waals surface area contributed by atoms with E-state index in [1.54, 1.807) is 24.5 Å². The van der Waals surface area contributed by atoms with Crippen molar-refractivity contribution < 1.29 is 4.39 Å². The van der Waals surface area contributed by atoms with Gasteiger partial charge in [-0.2, -0.15) is 0 Å². The van der Waals surface area contributed by atoms with E-state index in [1.807, 2.05) is 48.5 Å². The molecule has 0 saturated heterocycles. The Kier molecular flexibility index (Phi) is 3.92. The minimum Gasteiger partial charge on any atom is -0.374 e. The van der Waals surface area contributed by atoms with Gasteiger partial charge in [-0.05, 0) is 35.9 Å². The second-order valence-electron chi connectivity index (χ2n) is 4.75. The Morgan fingerprint density at radius 3 is 2.19 bits per heavy atom.